The molecule has 0 unspecified atom stereocenters. The third-order valence-corrected chi connectivity index (χ3v) is 5.25. The van der Waals surface area contributed by atoms with Gasteiger partial charge in [-0.1, -0.05) is 30.3 Å². The molecule has 0 radical (unpaired) electrons. The Labute approximate surface area is 166 Å². The largest absolute Gasteiger partial charge is 0.462 e. The van der Waals surface area contributed by atoms with Crippen molar-refractivity contribution in [2.75, 3.05) is 17.2 Å². The van der Waals surface area contributed by atoms with Crippen molar-refractivity contribution in [3.63, 3.8) is 0 Å². The van der Waals surface area contributed by atoms with E-state index in [9.17, 15) is 22.8 Å². The molecule has 29 heavy (non-hydrogen) atoms. The highest BCUT2D eigenvalue weighted by atomic mass is 32.2. The van der Waals surface area contributed by atoms with E-state index in [-0.39, 0.29) is 11.5 Å². The number of esters is 1. The molecule has 2 aromatic carbocycles. The van der Waals surface area contributed by atoms with E-state index in [1.807, 2.05) is 4.72 Å². The average molecular weight is 415 g/mol. The van der Waals surface area contributed by atoms with Crippen molar-refractivity contribution in [3.05, 3.63) is 65.9 Å². The molecule has 0 saturated heterocycles. The summed E-state index contributed by atoms with van der Waals surface area (Å²) in [7, 11) is -4.27. The maximum atomic E-state index is 12.7. The van der Waals surface area contributed by atoms with Crippen molar-refractivity contribution >= 4 is 39.2 Å². The Bertz CT molecular complexity index is 1110. The smallest absolute Gasteiger partial charge is 0.346 e. The monoisotopic (exact) mass is 415 g/mol. The van der Waals surface area contributed by atoms with Gasteiger partial charge in [0.25, 0.3) is 21.8 Å². The van der Waals surface area contributed by atoms with Crippen LogP contribution in [0.3, 0.4) is 0 Å². The van der Waals surface area contributed by atoms with Crippen LogP contribution >= 0.6 is 0 Å². The van der Waals surface area contributed by atoms with Crippen LogP contribution in [0.5, 0.6) is 0 Å². The minimum absolute atomic E-state index is 0.0769. The summed E-state index contributed by atoms with van der Waals surface area (Å²) < 4.78 is 31.6. The number of sulfonamides is 1. The first-order valence-corrected chi connectivity index (χ1v) is 10.0. The Morgan fingerprint density at radius 3 is 2.17 bits per heavy atom. The van der Waals surface area contributed by atoms with E-state index in [0.717, 1.165) is 0 Å². The number of carbonyl (C=O) groups excluding carboxylic acids is 3. The van der Waals surface area contributed by atoms with Gasteiger partial charge in [0.15, 0.2) is 5.57 Å². The molecular formula is C19H17N3O6S. The molecule has 0 spiro atoms. The Kier molecular flexibility index (Phi) is 5.64. The molecule has 1 heterocycles. The predicted molar refractivity (Wildman–Crippen MR) is 104 cm³/mol. The van der Waals surface area contributed by atoms with Gasteiger partial charge in [-0.25, -0.2) is 17.9 Å². The molecular weight excluding hydrogens is 398 g/mol. The van der Waals surface area contributed by atoms with Crippen LogP contribution in [0.25, 0.3) is 0 Å². The standard InChI is InChI=1S/C19H17N3O6S/c1-2-28-19(25)15(16-18(24)21-14-11-7-6-10-13(14)20-16)17(23)22-29(26,27)12-8-4-3-5-9-12/h3-11,20H,2H2,1H3,(H,21,24)(H,22,23)/b16-15+. The summed E-state index contributed by atoms with van der Waals surface area (Å²) in [6, 6.07) is 13.8. The normalized spacial score (nSPS) is 14.7. The third-order valence-electron chi connectivity index (χ3n) is 3.90. The number of rotatable bonds is 5. The first-order chi connectivity index (χ1) is 13.8. The molecule has 3 N–H and O–H groups in total. The number of amides is 2. The van der Waals surface area contributed by atoms with Gasteiger partial charge in [0.2, 0.25) is 0 Å². The molecule has 1 aliphatic heterocycles. The number of hydrogen-bond acceptors (Lipinski definition) is 7. The minimum atomic E-state index is -4.27. The number of benzene rings is 2. The number of hydrogen-bond donors (Lipinski definition) is 3. The first kappa shape index (κ1) is 20.1. The summed E-state index contributed by atoms with van der Waals surface area (Å²) in [6.45, 7) is 1.44. The summed E-state index contributed by atoms with van der Waals surface area (Å²) >= 11 is 0. The molecule has 9 nitrogen and oxygen atoms in total. The molecule has 2 amide bonds. The fourth-order valence-electron chi connectivity index (χ4n) is 2.60. The zero-order valence-electron chi connectivity index (χ0n) is 15.3. The Morgan fingerprint density at radius 2 is 1.55 bits per heavy atom. The molecule has 2 aromatic rings. The summed E-state index contributed by atoms with van der Waals surface area (Å²) in [5.74, 6) is -3.20. The van der Waals surface area contributed by atoms with Gasteiger partial charge >= 0.3 is 5.97 Å². The molecule has 0 atom stereocenters. The van der Waals surface area contributed by atoms with E-state index in [1.165, 1.54) is 31.2 Å². The minimum Gasteiger partial charge on any atom is -0.462 e. The first-order valence-electron chi connectivity index (χ1n) is 8.54. The van der Waals surface area contributed by atoms with Gasteiger partial charge in [0, 0.05) is 0 Å². The van der Waals surface area contributed by atoms with E-state index in [4.69, 9.17) is 4.74 Å². The number of ether oxygens (including phenoxy) is 1. The van der Waals surface area contributed by atoms with Gasteiger partial charge in [0.05, 0.1) is 22.9 Å². The molecule has 0 saturated carbocycles. The van der Waals surface area contributed by atoms with Gasteiger partial charge in [-0.05, 0) is 31.2 Å². The van der Waals surface area contributed by atoms with Crippen LogP contribution in [-0.4, -0.2) is 32.8 Å². The molecule has 1 aliphatic rings. The van der Waals surface area contributed by atoms with Crippen LogP contribution in [0.15, 0.2) is 70.8 Å². The fraction of sp³-hybridized carbons (Fsp3) is 0.105. The van der Waals surface area contributed by atoms with Crippen molar-refractivity contribution in [1.29, 1.82) is 0 Å². The lowest BCUT2D eigenvalue weighted by Gasteiger charge is -2.22. The SMILES string of the molecule is CCOC(=O)/C(C(=O)NS(=O)(=O)c1ccccc1)=C1/Nc2ccccc2NC1=O. The van der Waals surface area contributed by atoms with Crippen LogP contribution in [0.1, 0.15) is 6.92 Å². The van der Waals surface area contributed by atoms with Gasteiger partial charge < -0.3 is 15.4 Å². The van der Waals surface area contributed by atoms with Gasteiger partial charge in [-0.2, -0.15) is 0 Å². The van der Waals surface area contributed by atoms with E-state index in [2.05, 4.69) is 10.6 Å². The highest BCUT2D eigenvalue weighted by Crippen LogP contribution is 2.28. The van der Waals surface area contributed by atoms with Crippen molar-refractivity contribution in [1.82, 2.24) is 4.72 Å². The lowest BCUT2D eigenvalue weighted by Crippen LogP contribution is -2.38. The number of carbonyl (C=O) groups is 3. The van der Waals surface area contributed by atoms with Gasteiger partial charge in [-0.15, -0.1) is 0 Å². The maximum absolute atomic E-state index is 12.7. The van der Waals surface area contributed by atoms with Crippen LogP contribution in [-0.2, 0) is 29.1 Å². The highest BCUT2D eigenvalue weighted by molar-refractivity contribution is 7.90. The molecule has 10 heteroatoms. The Balaban J connectivity index is 2.02. The molecule has 150 valence electrons. The quantitative estimate of drug-likeness (QED) is 0.291. The second kappa shape index (κ2) is 8.15. The molecule has 0 bridgehead atoms. The number of nitrogens with one attached hydrogen (secondary N) is 3. The van der Waals surface area contributed by atoms with Crippen molar-refractivity contribution in [3.8, 4) is 0 Å². The Hall–Kier alpha value is -3.66. The summed E-state index contributed by atoms with van der Waals surface area (Å²) in [4.78, 5) is 37.4. The fourth-order valence-corrected chi connectivity index (χ4v) is 3.58. The second-order valence-electron chi connectivity index (χ2n) is 5.84. The highest BCUT2D eigenvalue weighted by Gasteiger charge is 2.33. The zero-order valence-corrected chi connectivity index (χ0v) is 16.1. The topological polar surface area (TPSA) is 131 Å². The van der Waals surface area contributed by atoms with Crippen molar-refractivity contribution < 1.29 is 27.5 Å². The third kappa shape index (κ3) is 4.27. The van der Waals surface area contributed by atoms with Gasteiger partial charge in [-0.3, -0.25) is 9.59 Å². The predicted octanol–water partition coefficient (Wildman–Crippen LogP) is 1.37. The van der Waals surface area contributed by atoms with Crippen LogP contribution in [0, 0.1) is 0 Å². The van der Waals surface area contributed by atoms with E-state index < -0.39 is 39.1 Å². The average Bonchev–Trinajstić information content (AvgIpc) is 2.69. The lowest BCUT2D eigenvalue weighted by atomic mass is 10.1. The van der Waals surface area contributed by atoms with Crippen molar-refractivity contribution in [2.45, 2.75) is 11.8 Å². The van der Waals surface area contributed by atoms with E-state index in [1.54, 1.807) is 30.3 Å². The second-order valence-corrected chi connectivity index (χ2v) is 7.53. The van der Waals surface area contributed by atoms with E-state index in [0.29, 0.717) is 11.4 Å². The number of para-hydroxylation sites is 2. The summed E-state index contributed by atoms with van der Waals surface area (Å²) in [5.41, 5.74) is -0.286. The molecule has 3 rings (SSSR count). The maximum Gasteiger partial charge on any atom is 0.346 e. The summed E-state index contributed by atoms with van der Waals surface area (Å²) in [5, 5.41) is 5.24. The van der Waals surface area contributed by atoms with E-state index >= 15 is 0 Å². The Morgan fingerprint density at radius 1 is 0.966 bits per heavy atom. The lowest BCUT2D eigenvalue weighted by molar-refractivity contribution is -0.140. The number of fused-ring (bicyclic) bond motifs is 1. The van der Waals surface area contributed by atoms with Crippen LogP contribution in [0.4, 0.5) is 11.4 Å². The molecule has 0 aliphatic carbocycles. The van der Waals surface area contributed by atoms with Crippen LogP contribution in [0.2, 0.25) is 0 Å². The van der Waals surface area contributed by atoms with Crippen LogP contribution < -0.4 is 15.4 Å². The van der Waals surface area contributed by atoms with Crippen molar-refractivity contribution in [2.24, 2.45) is 0 Å². The van der Waals surface area contributed by atoms with Gasteiger partial charge in [0.1, 0.15) is 5.70 Å². The zero-order chi connectivity index (χ0) is 21.0. The molecule has 0 fully saturated rings. The molecule has 0 aromatic heterocycles. The summed E-state index contributed by atoms with van der Waals surface area (Å²) in [6.07, 6.45) is 0. The number of anilines is 2.